The van der Waals surface area contributed by atoms with Crippen molar-refractivity contribution in [3.05, 3.63) is 35.4 Å². The molecule has 0 aromatic heterocycles. The lowest BCUT2D eigenvalue weighted by atomic mass is 10.1. The predicted octanol–water partition coefficient (Wildman–Crippen LogP) is 0.626. The third-order valence-corrected chi connectivity index (χ3v) is 3.33. The lowest BCUT2D eigenvalue weighted by Crippen LogP contribution is -2.32. The van der Waals surface area contributed by atoms with Gasteiger partial charge in [-0.25, -0.2) is 13.6 Å². The molecule has 4 N–H and O–H groups in total. The molecule has 0 spiro atoms. The summed E-state index contributed by atoms with van der Waals surface area (Å²) in [6.07, 6.45) is 1.06. The Balaban J connectivity index is 0.00000400. The summed E-state index contributed by atoms with van der Waals surface area (Å²) in [5, 5.41) is 10.9. The second kappa shape index (κ2) is 9.73. The van der Waals surface area contributed by atoms with E-state index in [2.05, 4.69) is 17.6 Å². The van der Waals surface area contributed by atoms with Gasteiger partial charge in [0.15, 0.2) is 0 Å². The summed E-state index contributed by atoms with van der Waals surface area (Å²) in [5.41, 5.74) is 1.06. The number of nitrogens with one attached hydrogen (secondary N) is 2. The lowest BCUT2D eigenvalue weighted by Gasteiger charge is -2.07. The molecular weight excluding hydrogens is 314 g/mol. The highest BCUT2D eigenvalue weighted by Gasteiger charge is 2.07. The van der Waals surface area contributed by atoms with Crippen LogP contribution in [0.25, 0.3) is 0 Å². The van der Waals surface area contributed by atoms with E-state index in [0.29, 0.717) is 17.7 Å². The van der Waals surface area contributed by atoms with Crippen LogP contribution in [-0.4, -0.2) is 34.0 Å². The molecule has 0 unspecified atom stereocenters. The number of sulfonamides is 1. The van der Waals surface area contributed by atoms with Gasteiger partial charge in [0, 0.05) is 18.7 Å². The first kappa shape index (κ1) is 19.9. The van der Waals surface area contributed by atoms with Crippen molar-refractivity contribution in [3.63, 3.8) is 0 Å². The molecule has 8 heteroatoms. The number of carbonyl (C=O) groups excluding carboxylic acids is 1. The summed E-state index contributed by atoms with van der Waals surface area (Å²) >= 11 is 0. The highest BCUT2D eigenvalue weighted by Crippen LogP contribution is 2.06. The van der Waals surface area contributed by atoms with Gasteiger partial charge in [-0.1, -0.05) is 19.1 Å². The lowest BCUT2D eigenvalue weighted by molar-refractivity contribution is 0.0954. The first-order valence-electron chi connectivity index (χ1n) is 6.50. The molecule has 0 radical (unpaired) electrons. The number of hydrogen-bond acceptors (Lipinski definition) is 4. The Morgan fingerprint density at radius 3 is 2.29 bits per heavy atom. The fraction of sp³-hybridized carbons (Fsp3) is 0.462. The zero-order chi connectivity index (χ0) is 15.0. The van der Waals surface area contributed by atoms with Crippen molar-refractivity contribution in [2.75, 3.05) is 19.6 Å². The van der Waals surface area contributed by atoms with Crippen molar-refractivity contribution in [3.8, 4) is 0 Å². The third-order valence-electron chi connectivity index (χ3n) is 2.60. The maximum Gasteiger partial charge on any atom is 0.251 e. The summed E-state index contributed by atoms with van der Waals surface area (Å²) in [6, 6.07) is 6.37. The molecular formula is C13H22ClN3O3S. The van der Waals surface area contributed by atoms with Gasteiger partial charge >= 0.3 is 0 Å². The SMILES string of the molecule is CCCNCCNC(=O)c1ccc(CS(N)(=O)=O)cc1.Cl. The van der Waals surface area contributed by atoms with E-state index in [1.807, 2.05) is 0 Å². The number of amides is 1. The molecule has 0 aliphatic heterocycles. The maximum atomic E-state index is 11.8. The number of halogens is 1. The fourth-order valence-electron chi connectivity index (χ4n) is 1.65. The van der Waals surface area contributed by atoms with Crippen LogP contribution in [0, 0.1) is 0 Å². The largest absolute Gasteiger partial charge is 0.351 e. The molecule has 1 aromatic rings. The van der Waals surface area contributed by atoms with E-state index in [1.165, 1.54) is 0 Å². The van der Waals surface area contributed by atoms with Crippen molar-refractivity contribution < 1.29 is 13.2 Å². The Kier molecular flexibility index (Phi) is 9.19. The Hall–Kier alpha value is -1.15. The Morgan fingerprint density at radius 1 is 1.14 bits per heavy atom. The molecule has 1 aromatic carbocycles. The van der Waals surface area contributed by atoms with Crippen LogP contribution in [0.3, 0.4) is 0 Å². The van der Waals surface area contributed by atoms with Gasteiger partial charge in [-0.2, -0.15) is 0 Å². The quantitative estimate of drug-likeness (QED) is 0.606. The molecule has 6 nitrogen and oxygen atoms in total. The molecule has 1 amide bonds. The average Bonchev–Trinajstić information content (AvgIpc) is 2.37. The van der Waals surface area contributed by atoms with Crippen LogP contribution in [0.1, 0.15) is 29.3 Å². The normalized spacial score (nSPS) is 10.8. The van der Waals surface area contributed by atoms with Gasteiger partial charge in [0.2, 0.25) is 10.0 Å². The minimum absolute atomic E-state index is 0. The zero-order valence-corrected chi connectivity index (χ0v) is 13.6. The van der Waals surface area contributed by atoms with Crippen molar-refractivity contribution in [2.24, 2.45) is 5.14 Å². The molecule has 0 saturated carbocycles. The first-order chi connectivity index (χ1) is 9.42. The highest BCUT2D eigenvalue weighted by molar-refractivity contribution is 7.88. The molecule has 0 bridgehead atoms. The summed E-state index contributed by atoms with van der Waals surface area (Å²) < 4.78 is 21.9. The molecule has 0 heterocycles. The summed E-state index contributed by atoms with van der Waals surface area (Å²) in [6.45, 7) is 4.29. The van der Waals surface area contributed by atoms with Crippen molar-refractivity contribution >= 4 is 28.3 Å². The smallest absolute Gasteiger partial charge is 0.251 e. The molecule has 0 aliphatic carbocycles. The summed E-state index contributed by atoms with van der Waals surface area (Å²) in [7, 11) is -3.54. The van der Waals surface area contributed by atoms with Crippen LogP contribution in [0.2, 0.25) is 0 Å². The van der Waals surface area contributed by atoms with Crippen molar-refractivity contribution in [1.29, 1.82) is 0 Å². The van der Waals surface area contributed by atoms with Crippen molar-refractivity contribution in [1.82, 2.24) is 10.6 Å². The van der Waals surface area contributed by atoms with Crippen LogP contribution in [-0.2, 0) is 15.8 Å². The Morgan fingerprint density at radius 2 is 1.76 bits per heavy atom. The topological polar surface area (TPSA) is 101 Å². The average molecular weight is 336 g/mol. The van der Waals surface area contributed by atoms with Gasteiger partial charge in [-0.3, -0.25) is 4.79 Å². The van der Waals surface area contributed by atoms with Crippen LogP contribution < -0.4 is 15.8 Å². The van der Waals surface area contributed by atoms with Gasteiger partial charge in [0.25, 0.3) is 5.91 Å². The number of primary sulfonamides is 1. The van der Waals surface area contributed by atoms with Crippen LogP contribution in [0.15, 0.2) is 24.3 Å². The monoisotopic (exact) mass is 335 g/mol. The molecule has 1 rings (SSSR count). The van der Waals surface area contributed by atoms with E-state index in [4.69, 9.17) is 5.14 Å². The third kappa shape index (κ3) is 8.67. The highest BCUT2D eigenvalue weighted by atomic mass is 35.5. The van der Waals surface area contributed by atoms with Crippen LogP contribution in [0.4, 0.5) is 0 Å². The minimum atomic E-state index is -3.54. The number of hydrogen-bond donors (Lipinski definition) is 3. The Labute approximate surface area is 132 Å². The van der Waals surface area contributed by atoms with E-state index in [0.717, 1.165) is 19.5 Å². The molecule has 0 aliphatic rings. The van der Waals surface area contributed by atoms with Crippen LogP contribution >= 0.6 is 12.4 Å². The van der Waals surface area contributed by atoms with Crippen LogP contribution in [0.5, 0.6) is 0 Å². The van der Waals surface area contributed by atoms with Gasteiger partial charge < -0.3 is 10.6 Å². The minimum Gasteiger partial charge on any atom is -0.351 e. The van der Waals surface area contributed by atoms with Crippen molar-refractivity contribution in [2.45, 2.75) is 19.1 Å². The van der Waals surface area contributed by atoms with Gasteiger partial charge in [-0.05, 0) is 30.7 Å². The van der Waals surface area contributed by atoms with Gasteiger partial charge in [0.1, 0.15) is 0 Å². The van der Waals surface area contributed by atoms with E-state index in [9.17, 15) is 13.2 Å². The first-order valence-corrected chi connectivity index (χ1v) is 8.22. The molecule has 21 heavy (non-hydrogen) atoms. The van der Waals surface area contributed by atoms with Gasteiger partial charge in [0.05, 0.1) is 5.75 Å². The molecule has 0 atom stereocenters. The Bertz CT molecular complexity index is 532. The molecule has 0 saturated heterocycles. The molecule has 120 valence electrons. The number of carbonyl (C=O) groups is 1. The number of nitrogens with two attached hydrogens (primary N) is 1. The number of rotatable bonds is 8. The second-order valence-electron chi connectivity index (χ2n) is 4.51. The number of benzene rings is 1. The maximum absolute atomic E-state index is 11.8. The fourth-order valence-corrected chi connectivity index (χ4v) is 2.31. The summed E-state index contributed by atoms with van der Waals surface area (Å²) in [4.78, 5) is 11.8. The standard InChI is InChI=1S/C13H21N3O3S.ClH/c1-2-7-15-8-9-16-13(17)12-5-3-11(4-6-12)10-20(14,18)19;/h3-6,15H,2,7-10H2,1H3,(H,16,17)(H2,14,18,19);1H. The van der Waals surface area contributed by atoms with E-state index in [-0.39, 0.29) is 24.1 Å². The zero-order valence-electron chi connectivity index (χ0n) is 12.0. The van der Waals surface area contributed by atoms with E-state index in [1.54, 1.807) is 24.3 Å². The van der Waals surface area contributed by atoms with Gasteiger partial charge in [-0.15, -0.1) is 12.4 Å². The predicted molar refractivity (Wildman–Crippen MR) is 86.0 cm³/mol. The van der Waals surface area contributed by atoms with E-state index < -0.39 is 10.0 Å². The van der Waals surface area contributed by atoms with E-state index >= 15 is 0 Å². The summed E-state index contributed by atoms with van der Waals surface area (Å²) in [5.74, 6) is -0.402. The molecule has 0 fully saturated rings. The second-order valence-corrected chi connectivity index (χ2v) is 6.12.